The maximum atomic E-state index is 12.7. The van der Waals surface area contributed by atoms with Crippen LogP contribution in [0.25, 0.3) is 0 Å². The first-order chi connectivity index (χ1) is 23.7. The number of aliphatic hydroxyl groups excluding tert-OH is 5. The molecule has 4 aliphatic carbocycles. The Morgan fingerprint density at radius 2 is 1.74 bits per heavy atom. The Morgan fingerprint density at radius 3 is 2.42 bits per heavy atom. The Bertz CT molecular complexity index is 1300. The molecule has 4 saturated carbocycles. The standard InChI is InChI=1S/C36H54O14/c1-17-32(50-33-31(43)30(42)29(41)25(14-37)49-33)23(39)12-27(47-17)48-20-6-8-34(2)19(11-20)4-5-22-21(34)7-9-35(3)28(18-10-26(40)45-15-18)24(46-16-38)13-36(22,35)44/h10,16-17,19-25,27-33,37,39,41-44H,4-9,11-15H2,1-3H3/t17-,19-,20-,21-,22+,23+,24+,25-,27+,28-,29-,30+,31-,32-,33+,34+,35-,36+/m1/s1. The SMILES string of the molecule is C[C@H]1O[C@@H](O[C@@H]2CC[C@@]3(C)[C@H](CC[C@H]4[C@H]3CC[C@]3(C)[C@H](C5=CC(=O)OC5)[C@@H](OC=O)C[C@]43O)C2)C[C@H](O)[C@@H]1O[C@@H]1O[C@H](CO)[C@@H](O)[C@H](O)[C@H]1O. The van der Waals surface area contributed by atoms with E-state index in [0.29, 0.717) is 18.8 Å². The van der Waals surface area contributed by atoms with Crippen molar-refractivity contribution in [2.45, 2.75) is 152 Å². The molecule has 7 rings (SSSR count). The predicted octanol–water partition coefficient (Wildman–Crippen LogP) is 0.461. The molecule has 7 aliphatic rings. The number of esters is 1. The number of rotatable bonds is 8. The quantitative estimate of drug-likeness (QED) is 0.115. The summed E-state index contributed by atoms with van der Waals surface area (Å²) in [5.74, 6) is -0.00542. The molecule has 0 amide bonds. The summed E-state index contributed by atoms with van der Waals surface area (Å²) in [7, 11) is 0. The van der Waals surface area contributed by atoms with Gasteiger partial charge in [-0.25, -0.2) is 4.79 Å². The van der Waals surface area contributed by atoms with Crippen molar-refractivity contribution in [3.63, 3.8) is 0 Å². The van der Waals surface area contributed by atoms with Gasteiger partial charge in [-0.15, -0.1) is 0 Å². The zero-order valence-electron chi connectivity index (χ0n) is 29.0. The molecule has 282 valence electrons. The van der Waals surface area contributed by atoms with Crippen LogP contribution in [0.2, 0.25) is 0 Å². The molecular formula is C36H54O14. The van der Waals surface area contributed by atoms with E-state index in [1.54, 1.807) is 6.92 Å². The van der Waals surface area contributed by atoms with Crippen molar-refractivity contribution >= 4 is 12.4 Å². The van der Waals surface area contributed by atoms with Crippen molar-refractivity contribution in [3.05, 3.63) is 11.6 Å². The van der Waals surface area contributed by atoms with Gasteiger partial charge in [-0.1, -0.05) is 13.8 Å². The molecule has 2 saturated heterocycles. The van der Waals surface area contributed by atoms with Gasteiger partial charge in [0.25, 0.3) is 6.47 Å². The summed E-state index contributed by atoms with van der Waals surface area (Å²) < 4.78 is 34.8. The van der Waals surface area contributed by atoms with Crippen LogP contribution in [0.1, 0.15) is 78.6 Å². The van der Waals surface area contributed by atoms with E-state index >= 15 is 0 Å². The molecule has 50 heavy (non-hydrogen) atoms. The maximum absolute atomic E-state index is 12.7. The Labute approximate surface area is 292 Å². The van der Waals surface area contributed by atoms with Gasteiger partial charge >= 0.3 is 5.97 Å². The molecule has 0 aromatic heterocycles. The Hall–Kier alpha value is -1.72. The van der Waals surface area contributed by atoms with Crippen LogP contribution < -0.4 is 0 Å². The smallest absolute Gasteiger partial charge is 0.331 e. The number of fused-ring (bicyclic) bond motifs is 5. The molecule has 3 aliphatic heterocycles. The number of hydrogen-bond donors (Lipinski definition) is 6. The lowest BCUT2D eigenvalue weighted by Gasteiger charge is -2.63. The highest BCUT2D eigenvalue weighted by Gasteiger charge is 2.71. The number of carbonyl (C=O) groups excluding carboxylic acids is 2. The van der Waals surface area contributed by atoms with Crippen molar-refractivity contribution in [3.8, 4) is 0 Å². The molecule has 14 heteroatoms. The Balaban J connectivity index is 0.983. The third-order valence-electron chi connectivity index (χ3n) is 14.2. The zero-order valence-corrected chi connectivity index (χ0v) is 29.0. The lowest BCUT2D eigenvalue weighted by atomic mass is 9.43. The average molecular weight is 711 g/mol. The van der Waals surface area contributed by atoms with Gasteiger partial charge in [0.05, 0.1) is 30.5 Å². The third kappa shape index (κ3) is 5.86. The summed E-state index contributed by atoms with van der Waals surface area (Å²) in [6.07, 6.45) is -3.10. The van der Waals surface area contributed by atoms with Gasteiger partial charge in [0.1, 0.15) is 43.2 Å². The fourth-order valence-corrected chi connectivity index (χ4v) is 11.6. The Morgan fingerprint density at radius 1 is 0.960 bits per heavy atom. The molecule has 0 aromatic rings. The normalized spacial score (nSPS) is 53.4. The predicted molar refractivity (Wildman–Crippen MR) is 171 cm³/mol. The fourth-order valence-electron chi connectivity index (χ4n) is 11.6. The summed E-state index contributed by atoms with van der Waals surface area (Å²) in [4.78, 5) is 23.6. The van der Waals surface area contributed by atoms with E-state index in [0.717, 1.165) is 50.5 Å². The van der Waals surface area contributed by atoms with Crippen LogP contribution in [-0.2, 0) is 38.0 Å². The fraction of sp³-hybridized carbons (Fsp3) is 0.889. The molecule has 0 aromatic carbocycles. The van der Waals surface area contributed by atoms with E-state index in [9.17, 15) is 40.2 Å². The highest BCUT2D eigenvalue weighted by Crippen LogP contribution is 2.70. The van der Waals surface area contributed by atoms with Crippen molar-refractivity contribution in [2.75, 3.05) is 13.2 Å². The van der Waals surface area contributed by atoms with Crippen LogP contribution in [0.15, 0.2) is 11.6 Å². The second-order valence-corrected chi connectivity index (χ2v) is 16.6. The molecule has 6 N–H and O–H groups in total. The van der Waals surface area contributed by atoms with E-state index in [1.165, 1.54) is 6.08 Å². The Kier molecular flexibility index (Phi) is 9.97. The number of carbonyl (C=O) groups is 2. The average Bonchev–Trinajstić information content (AvgIpc) is 3.59. The van der Waals surface area contributed by atoms with Gasteiger partial charge in [-0.05, 0) is 80.6 Å². The zero-order chi connectivity index (χ0) is 35.7. The molecule has 14 nitrogen and oxygen atoms in total. The van der Waals surface area contributed by atoms with Crippen LogP contribution in [-0.4, -0.2) is 129 Å². The van der Waals surface area contributed by atoms with Crippen LogP contribution in [0.4, 0.5) is 0 Å². The third-order valence-corrected chi connectivity index (χ3v) is 14.2. The van der Waals surface area contributed by atoms with E-state index < -0.39 is 85.0 Å². The second kappa shape index (κ2) is 13.6. The highest BCUT2D eigenvalue weighted by molar-refractivity contribution is 5.85. The summed E-state index contributed by atoms with van der Waals surface area (Å²) in [6, 6.07) is 0. The molecule has 6 fully saturated rings. The van der Waals surface area contributed by atoms with Crippen LogP contribution >= 0.6 is 0 Å². The molecule has 18 atom stereocenters. The topological polar surface area (TPSA) is 211 Å². The van der Waals surface area contributed by atoms with Gasteiger partial charge in [0.2, 0.25) is 0 Å². The molecule has 0 spiro atoms. The monoisotopic (exact) mass is 710 g/mol. The summed E-state index contributed by atoms with van der Waals surface area (Å²) in [5, 5.41) is 63.9. The van der Waals surface area contributed by atoms with Crippen molar-refractivity contribution in [1.82, 2.24) is 0 Å². The van der Waals surface area contributed by atoms with E-state index in [2.05, 4.69) is 13.8 Å². The van der Waals surface area contributed by atoms with Crippen LogP contribution in [0.5, 0.6) is 0 Å². The number of ether oxygens (including phenoxy) is 6. The summed E-state index contributed by atoms with van der Waals surface area (Å²) >= 11 is 0. The van der Waals surface area contributed by atoms with Gasteiger partial charge in [-0.2, -0.15) is 0 Å². The van der Waals surface area contributed by atoms with Gasteiger partial charge in [-0.3, -0.25) is 4.79 Å². The summed E-state index contributed by atoms with van der Waals surface area (Å²) in [5.41, 5.74) is -0.841. The first kappa shape index (κ1) is 36.6. The maximum Gasteiger partial charge on any atom is 0.331 e. The highest BCUT2D eigenvalue weighted by atomic mass is 16.7. The number of hydrogen-bond acceptors (Lipinski definition) is 14. The largest absolute Gasteiger partial charge is 0.464 e. The van der Waals surface area contributed by atoms with Crippen molar-refractivity contribution < 1.29 is 68.6 Å². The number of aliphatic hydroxyl groups is 6. The van der Waals surface area contributed by atoms with E-state index in [4.69, 9.17) is 28.4 Å². The number of cyclic esters (lactones) is 1. The minimum atomic E-state index is -1.59. The van der Waals surface area contributed by atoms with Crippen molar-refractivity contribution in [2.24, 2.45) is 34.5 Å². The van der Waals surface area contributed by atoms with Crippen LogP contribution in [0.3, 0.4) is 0 Å². The summed E-state index contributed by atoms with van der Waals surface area (Å²) in [6.45, 7) is 6.22. The molecule has 0 radical (unpaired) electrons. The lowest BCUT2D eigenvalue weighted by molar-refractivity contribution is -0.344. The van der Waals surface area contributed by atoms with Crippen molar-refractivity contribution in [1.29, 1.82) is 0 Å². The molecular weight excluding hydrogens is 656 g/mol. The van der Waals surface area contributed by atoms with Gasteiger partial charge in [0.15, 0.2) is 12.6 Å². The first-order valence-electron chi connectivity index (χ1n) is 18.4. The lowest BCUT2D eigenvalue weighted by Crippen LogP contribution is -2.62. The van der Waals surface area contributed by atoms with Crippen LogP contribution in [0, 0.1) is 34.5 Å². The second-order valence-electron chi connectivity index (χ2n) is 16.6. The first-order valence-corrected chi connectivity index (χ1v) is 18.4. The van der Waals surface area contributed by atoms with E-state index in [-0.39, 0.29) is 42.3 Å². The minimum absolute atomic E-state index is 0.0186. The molecule has 0 unspecified atom stereocenters. The molecule has 3 heterocycles. The minimum Gasteiger partial charge on any atom is -0.464 e. The molecule has 0 bridgehead atoms. The van der Waals surface area contributed by atoms with Gasteiger partial charge < -0.3 is 59.1 Å². The van der Waals surface area contributed by atoms with Gasteiger partial charge in [0, 0.05) is 30.3 Å². The van der Waals surface area contributed by atoms with E-state index in [1.807, 2.05) is 0 Å².